The van der Waals surface area contributed by atoms with Crippen LogP contribution >= 0.6 is 43.2 Å². The van der Waals surface area contributed by atoms with E-state index in [4.69, 9.17) is 0 Å². The molecule has 2 aromatic rings. The number of sulfonamides is 1. The molecule has 0 spiro atoms. The van der Waals surface area contributed by atoms with Crippen molar-refractivity contribution in [2.75, 3.05) is 7.05 Å². The van der Waals surface area contributed by atoms with Crippen LogP contribution in [0.4, 0.5) is 0 Å². The highest BCUT2D eigenvalue weighted by atomic mass is 79.9. The third kappa shape index (κ3) is 3.28. The van der Waals surface area contributed by atoms with Crippen LogP contribution in [0.25, 0.3) is 0 Å². The van der Waals surface area contributed by atoms with Crippen molar-refractivity contribution in [2.45, 2.75) is 10.8 Å². The normalized spacial score (nSPS) is 12.0. The number of benzene rings is 1. The van der Waals surface area contributed by atoms with Crippen molar-refractivity contribution in [1.82, 2.24) is 4.31 Å². The van der Waals surface area contributed by atoms with Crippen molar-refractivity contribution in [1.29, 1.82) is 0 Å². The van der Waals surface area contributed by atoms with E-state index in [-0.39, 0.29) is 0 Å². The van der Waals surface area contributed by atoms with Crippen LogP contribution in [0.1, 0.15) is 5.56 Å². The van der Waals surface area contributed by atoms with Gasteiger partial charge in [-0.15, -0.1) is 11.3 Å². The summed E-state index contributed by atoms with van der Waals surface area (Å²) in [6.07, 6.45) is 0. The fourth-order valence-corrected chi connectivity index (χ4v) is 5.62. The molecule has 1 heterocycles. The van der Waals surface area contributed by atoms with Gasteiger partial charge in [0.15, 0.2) is 0 Å². The first-order valence-electron chi connectivity index (χ1n) is 5.35. The molecule has 0 fully saturated rings. The zero-order valence-electron chi connectivity index (χ0n) is 10.0. The lowest BCUT2D eigenvalue weighted by molar-refractivity contribution is 0.467. The predicted octanol–water partition coefficient (Wildman–Crippen LogP) is 4.09. The van der Waals surface area contributed by atoms with Gasteiger partial charge in [-0.1, -0.05) is 34.1 Å². The fraction of sp³-hybridized carbons (Fsp3) is 0.167. The second kappa shape index (κ2) is 6.05. The molecule has 1 aromatic carbocycles. The Labute approximate surface area is 133 Å². The molecule has 0 aliphatic carbocycles. The molecule has 7 heteroatoms. The molecule has 0 radical (unpaired) electrons. The van der Waals surface area contributed by atoms with Crippen molar-refractivity contribution in [2.24, 2.45) is 0 Å². The highest BCUT2D eigenvalue weighted by Crippen LogP contribution is 2.30. The molecule has 0 atom stereocenters. The number of thiophene rings is 1. The first-order valence-corrected chi connectivity index (χ1v) is 9.26. The molecule has 102 valence electrons. The third-order valence-corrected chi connectivity index (χ3v) is 7.80. The van der Waals surface area contributed by atoms with Crippen LogP contribution in [-0.4, -0.2) is 19.8 Å². The number of rotatable bonds is 4. The molecule has 3 nitrogen and oxygen atoms in total. The lowest BCUT2D eigenvalue weighted by Crippen LogP contribution is -2.26. The standard InChI is InChI=1S/C12H11Br2NO2S2/c1-15(8-9-4-2-3-5-10(9)13)19(16,17)12-11(14)6-7-18-12/h2-7H,8H2,1H3. The second-order valence-electron chi connectivity index (χ2n) is 3.91. The van der Waals surface area contributed by atoms with Crippen LogP contribution in [0.3, 0.4) is 0 Å². The quantitative estimate of drug-likeness (QED) is 0.740. The van der Waals surface area contributed by atoms with E-state index < -0.39 is 10.0 Å². The minimum atomic E-state index is -3.46. The monoisotopic (exact) mass is 423 g/mol. The van der Waals surface area contributed by atoms with Gasteiger partial charge in [-0.3, -0.25) is 0 Å². The van der Waals surface area contributed by atoms with E-state index in [2.05, 4.69) is 31.9 Å². The maximum Gasteiger partial charge on any atom is 0.253 e. The number of hydrogen-bond donors (Lipinski definition) is 0. The van der Waals surface area contributed by atoms with E-state index in [9.17, 15) is 8.42 Å². The molecule has 0 aliphatic heterocycles. The molecular weight excluding hydrogens is 414 g/mol. The van der Waals surface area contributed by atoms with Gasteiger partial charge in [0.25, 0.3) is 10.0 Å². The SMILES string of the molecule is CN(Cc1ccccc1Br)S(=O)(=O)c1sccc1Br. The molecule has 0 saturated carbocycles. The van der Waals surface area contributed by atoms with Crippen LogP contribution in [-0.2, 0) is 16.6 Å². The fourth-order valence-electron chi connectivity index (χ4n) is 1.56. The summed E-state index contributed by atoms with van der Waals surface area (Å²) in [7, 11) is -1.87. The second-order valence-corrected chi connectivity index (χ2v) is 8.77. The summed E-state index contributed by atoms with van der Waals surface area (Å²) < 4.78 is 28.0. The van der Waals surface area contributed by atoms with Crippen molar-refractivity contribution < 1.29 is 8.42 Å². The van der Waals surface area contributed by atoms with E-state index in [1.54, 1.807) is 18.5 Å². The first kappa shape index (κ1) is 15.2. The van der Waals surface area contributed by atoms with Gasteiger partial charge >= 0.3 is 0 Å². The number of nitrogens with zero attached hydrogens (tertiary/aromatic N) is 1. The number of halogens is 2. The Bertz CT molecular complexity index is 683. The van der Waals surface area contributed by atoms with Crippen LogP contribution in [0, 0.1) is 0 Å². The summed E-state index contributed by atoms with van der Waals surface area (Å²) in [5.74, 6) is 0. The average Bonchev–Trinajstić information content (AvgIpc) is 2.79. The van der Waals surface area contributed by atoms with E-state index >= 15 is 0 Å². The third-order valence-electron chi connectivity index (χ3n) is 2.58. The van der Waals surface area contributed by atoms with Crippen LogP contribution in [0.2, 0.25) is 0 Å². The smallest absolute Gasteiger partial charge is 0.206 e. The lowest BCUT2D eigenvalue weighted by Gasteiger charge is -2.17. The maximum absolute atomic E-state index is 12.4. The molecule has 0 saturated heterocycles. The minimum Gasteiger partial charge on any atom is -0.206 e. The Morgan fingerprint density at radius 1 is 1.16 bits per heavy atom. The maximum atomic E-state index is 12.4. The molecule has 0 amide bonds. The summed E-state index contributed by atoms with van der Waals surface area (Å²) in [4.78, 5) is 0. The van der Waals surface area contributed by atoms with E-state index in [1.165, 1.54) is 15.6 Å². The molecule has 1 aromatic heterocycles. The molecule has 0 N–H and O–H groups in total. The highest BCUT2D eigenvalue weighted by molar-refractivity contribution is 9.10. The van der Waals surface area contributed by atoms with Crippen LogP contribution < -0.4 is 0 Å². The zero-order valence-corrected chi connectivity index (χ0v) is 14.8. The predicted molar refractivity (Wildman–Crippen MR) is 84.8 cm³/mol. The van der Waals surface area contributed by atoms with Gasteiger partial charge in [0.2, 0.25) is 0 Å². The van der Waals surface area contributed by atoms with Gasteiger partial charge < -0.3 is 0 Å². The molecule has 0 unspecified atom stereocenters. The Balaban J connectivity index is 2.28. The average molecular weight is 425 g/mol. The van der Waals surface area contributed by atoms with Gasteiger partial charge in [0, 0.05) is 22.5 Å². The van der Waals surface area contributed by atoms with Crippen LogP contribution in [0.5, 0.6) is 0 Å². The summed E-state index contributed by atoms with van der Waals surface area (Å²) in [5.41, 5.74) is 0.932. The summed E-state index contributed by atoms with van der Waals surface area (Å²) >= 11 is 7.90. The van der Waals surface area contributed by atoms with Crippen LogP contribution in [0.15, 0.2) is 48.9 Å². The Kier molecular flexibility index (Phi) is 4.84. The molecule has 0 bridgehead atoms. The molecule has 0 aliphatic rings. The summed E-state index contributed by atoms with van der Waals surface area (Å²) in [6, 6.07) is 9.33. The van der Waals surface area contributed by atoms with Gasteiger partial charge in [-0.2, -0.15) is 4.31 Å². The van der Waals surface area contributed by atoms with Crippen molar-refractivity contribution in [3.05, 3.63) is 50.2 Å². The van der Waals surface area contributed by atoms with Crippen molar-refractivity contribution in [3.8, 4) is 0 Å². The molecule has 2 rings (SSSR count). The van der Waals surface area contributed by atoms with E-state index in [0.717, 1.165) is 10.0 Å². The largest absolute Gasteiger partial charge is 0.253 e. The van der Waals surface area contributed by atoms with Gasteiger partial charge in [0.1, 0.15) is 4.21 Å². The first-order chi connectivity index (χ1) is 8.93. The highest BCUT2D eigenvalue weighted by Gasteiger charge is 2.25. The van der Waals surface area contributed by atoms with Gasteiger partial charge in [-0.25, -0.2) is 8.42 Å². The van der Waals surface area contributed by atoms with Gasteiger partial charge in [0.05, 0.1) is 0 Å². The van der Waals surface area contributed by atoms with Crippen molar-refractivity contribution in [3.63, 3.8) is 0 Å². The Morgan fingerprint density at radius 3 is 2.42 bits per heavy atom. The zero-order chi connectivity index (χ0) is 14.0. The summed E-state index contributed by atoms with van der Waals surface area (Å²) in [5, 5.41) is 1.75. The lowest BCUT2D eigenvalue weighted by atomic mass is 10.2. The Morgan fingerprint density at radius 2 is 1.84 bits per heavy atom. The van der Waals surface area contributed by atoms with Crippen molar-refractivity contribution >= 4 is 53.2 Å². The molecule has 19 heavy (non-hydrogen) atoms. The minimum absolute atomic E-state index is 0.327. The van der Waals surface area contributed by atoms with E-state index in [1.807, 2.05) is 24.3 Å². The number of hydrogen-bond acceptors (Lipinski definition) is 3. The van der Waals surface area contributed by atoms with Gasteiger partial charge in [-0.05, 0) is 39.0 Å². The Hall–Kier alpha value is -0.210. The van der Waals surface area contributed by atoms with E-state index in [0.29, 0.717) is 15.2 Å². The topological polar surface area (TPSA) is 37.4 Å². The molecular formula is C12H11Br2NO2S2. The summed E-state index contributed by atoms with van der Waals surface area (Å²) in [6.45, 7) is 0.327.